The summed E-state index contributed by atoms with van der Waals surface area (Å²) in [6.45, 7) is 0.840. The Labute approximate surface area is 123 Å². The highest BCUT2D eigenvalue weighted by Gasteiger charge is 2.16. The number of fused-ring (bicyclic) bond motifs is 1. The molecule has 1 aromatic heterocycles. The van der Waals surface area contributed by atoms with E-state index in [0.29, 0.717) is 0 Å². The molecule has 3 heteroatoms. The van der Waals surface area contributed by atoms with Crippen LogP contribution < -0.4 is 4.90 Å². The predicted octanol–water partition coefficient (Wildman–Crippen LogP) is 3.92. The van der Waals surface area contributed by atoms with Gasteiger partial charge in [-0.2, -0.15) is 0 Å². The first-order chi connectivity index (χ1) is 10.4. The molecule has 102 valence electrons. The number of hydrogen-bond donors (Lipinski definition) is 0. The van der Waals surface area contributed by atoms with Gasteiger partial charge in [-0.05, 0) is 30.3 Å². The molecule has 0 bridgehead atoms. The Morgan fingerprint density at radius 1 is 0.857 bits per heavy atom. The zero-order chi connectivity index (χ0) is 14.1. The minimum atomic E-state index is 0.840. The van der Waals surface area contributed by atoms with E-state index < -0.39 is 0 Å². The molecule has 4 rings (SSSR count). The van der Waals surface area contributed by atoms with Crippen molar-refractivity contribution >= 4 is 17.0 Å². The Bertz CT molecular complexity index is 828. The van der Waals surface area contributed by atoms with Gasteiger partial charge in [-0.25, -0.2) is 4.98 Å². The molecule has 1 aliphatic rings. The van der Waals surface area contributed by atoms with E-state index in [0.717, 1.165) is 29.2 Å². The normalized spacial score (nSPS) is 14.0. The molecular weight excluding hydrogens is 258 g/mol. The quantitative estimate of drug-likeness (QED) is 0.705. The van der Waals surface area contributed by atoms with E-state index in [1.54, 1.807) is 0 Å². The van der Waals surface area contributed by atoms with Crippen LogP contribution in [0.2, 0.25) is 0 Å². The topological polar surface area (TPSA) is 21.1 Å². The standard InChI is InChI=1S/C18H15N3/c1-3-9-15(10-4-1)21-17-12-6-5-11-16(17)19-18(21)20-13-7-2-8-14-20/h1-13H,14H2. The number of allylic oxidation sites excluding steroid dienone is 2. The number of para-hydroxylation sites is 3. The van der Waals surface area contributed by atoms with Crippen LogP contribution in [0.5, 0.6) is 0 Å². The van der Waals surface area contributed by atoms with E-state index in [1.807, 2.05) is 18.2 Å². The van der Waals surface area contributed by atoms with E-state index in [2.05, 4.69) is 70.3 Å². The maximum absolute atomic E-state index is 4.82. The van der Waals surface area contributed by atoms with Gasteiger partial charge >= 0.3 is 0 Å². The lowest BCUT2D eigenvalue weighted by molar-refractivity contribution is 0.951. The molecule has 0 amide bonds. The van der Waals surface area contributed by atoms with Gasteiger partial charge in [-0.3, -0.25) is 4.57 Å². The minimum Gasteiger partial charge on any atom is -0.314 e. The van der Waals surface area contributed by atoms with Gasteiger partial charge in [-0.1, -0.05) is 42.5 Å². The molecule has 0 aliphatic carbocycles. The lowest BCUT2D eigenvalue weighted by Crippen LogP contribution is -2.21. The van der Waals surface area contributed by atoms with E-state index in [4.69, 9.17) is 4.98 Å². The Morgan fingerprint density at radius 2 is 1.67 bits per heavy atom. The van der Waals surface area contributed by atoms with Crippen molar-refractivity contribution in [2.75, 3.05) is 11.4 Å². The van der Waals surface area contributed by atoms with Crippen molar-refractivity contribution in [3.8, 4) is 5.69 Å². The molecule has 0 atom stereocenters. The molecule has 2 aromatic carbocycles. The molecule has 3 nitrogen and oxygen atoms in total. The third-order valence-corrected chi connectivity index (χ3v) is 3.63. The van der Waals surface area contributed by atoms with Gasteiger partial charge in [0.25, 0.3) is 0 Å². The number of benzene rings is 2. The average Bonchev–Trinajstić information content (AvgIpc) is 2.96. The van der Waals surface area contributed by atoms with Gasteiger partial charge in [-0.15, -0.1) is 0 Å². The average molecular weight is 273 g/mol. The summed E-state index contributed by atoms with van der Waals surface area (Å²) in [4.78, 5) is 6.98. The highest BCUT2D eigenvalue weighted by Crippen LogP contribution is 2.27. The molecule has 2 heterocycles. The van der Waals surface area contributed by atoms with Crippen LogP contribution in [0.3, 0.4) is 0 Å². The van der Waals surface area contributed by atoms with Crippen LogP contribution >= 0.6 is 0 Å². The lowest BCUT2D eigenvalue weighted by Gasteiger charge is -2.21. The van der Waals surface area contributed by atoms with Crippen LogP contribution in [-0.4, -0.2) is 16.1 Å². The van der Waals surface area contributed by atoms with E-state index in [-0.39, 0.29) is 0 Å². The summed E-state index contributed by atoms with van der Waals surface area (Å²) in [5.74, 6) is 0.947. The first-order valence-electron chi connectivity index (χ1n) is 7.06. The molecule has 0 spiro atoms. The first kappa shape index (κ1) is 12.0. The van der Waals surface area contributed by atoms with Crippen molar-refractivity contribution < 1.29 is 0 Å². The zero-order valence-electron chi connectivity index (χ0n) is 11.6. The fourth-order valence-corrected chi connectivity index (χ4v) is 2.65. The Morgan fingerprint density at radius 3 is 2.48 bits per heavy atom. The number of aromatic nitrogens is 2. The molecule has 0 fully saturated rings. The number of hydrogen-bond acceptors (Lipinski definition) is 2. The molecule has 0 saturated carbocycles. The molecule has 0 unspecified atom stereocenters. The van der Waals surface area contributed by atoms with Gasteiger partial charge in [0.1, 0.15) is 0 Å². The summed E-state index contributed by atoms with van der Waals surface area (Å²) in [5.41, 5.74) is 3.27. The molecule has 0 radical (unpaired) electrons. The van der Waals surface area contributed by atoms with Crippen LogP contribution in [-0.2, 0) is 0 Å². The van der Waals surface area contributed by atoms with Gasteiger partial charge in [0.05, 0.1) is 11.0 Å². The van der Waals surface area contributed by atoms with Crippen LogP contribution in [0.25, 0.3) is 16.7 Å². The zero-order valence-corrected chi connectivity index (χ0v) is 11.6. The van der Waals surface area contributed by atoms with Crippen molar-refractivity contribution in [2.24, 2.45) is 0 Å². The fraction of sp³-hybridized carbons (Fsp3) is 0.0556. The van der Waals surface area contributed by atoms with E-state index in [1.165, 1.54) is 0 Å². The lowest BCUT2D eigenvalue weighted by atomic mass is 10.3. The Hall–Kier alpha value is -2.81. The smallest absolute Gasteiger partial charge is 0.215 e. The fourth-order valence-electron chi connectivity index (χ4n) is 2.65. The number of imidazole rings is 1. The molecule has 0 saturated heterocycles. The van der Waals surface area contributed by atoms with Gasteiger partial charge < -0.3 is 4.90 Å². The summed E-state index contributed by atoms with van der Waals surface area (Å²) in [7, 11) is 0. The number of rotatable bonds is 2. The highest BCUT2D eigenvalue weighted by atomic mass is 15.3. The maximum atomic E-state index is 4.82. The van der Waals surface area contributed by atoms with Gasteiger partial charge in [0.15, 0.2) is 0 Å². The Kier molecular flexibility index (Phi) is 2.82. The largest absolute Gasteiger partial charge is 0.314 e. The second kappa shape index (κ2) is 4.94. The van der Waals surface area contributed by atoms with Crippen molar-refractivity contribution in [2.45, 2.75) is 0 Å². The Balaban J connectivity index is 1.97. The molecule has 1 aliphatic heterocycles. The highest BCUT2D eigenvalue weighted by molar-refractivity contribution is 5.81. The van der Waals surface area contributed by atoms with Gasteiger partial charge in [0.2, 0.25) is 5.95 Å². The molecular formula is C18H15N3. The molecule has 3 aromatic rings. The molecule has 0 N–H and O–H groups in total. The summed E-state index contributed by atoms with van der Waals surface area (Å²) < 4.78 is 2.21. The van der Waals surface area contributed by atoms with Crippen LogP contribution in [0.4, 0.5) is 5.95 Å². The summed E-state index contributed by atoms with van der Waals surface area (Å²) in [6, 6.07) is 18.6. The van der Waals surface area contributed by atoms with Crippen molar-refractivity contribution in [3.05, 3.63) is 79.0 Å². The summed E-state index contributed by atoms with van der Waals surface area (Å²) in [5, 5.41) is 0. The number of nitrogens with zero attached hydrogens (tertiary/aromatic N) is 3. The van der Waals surface area contributed by atoms with E-state index in [9.17, 15) is 0 Å². The van der Waals surface area contributed by atoms with Crippen molar-refractivity contribution in [3.63, 3.8) is 0 Å². The minimum absolute atomic E-state index is 0.840. The van der Waals surface area contributed by atoms with Gasteiger partial charge in [0, 0.05) is 18.4 Å². The monoisotopic (exact) mass is 273 g/mol. The second-order valence-electron chi connectivity index (χ2n) is 4.99. The summed E-state index contributed by atoms with van der Waals surface area (Å²) >= 11 is 0. The van der Waals surface area contributed by atoms with Crippen LogP contribution in [0, 0.1) is 0 Å². The van der Waals surface area contributed by atoms with Crippen molar-refractivity contribution in [1.82, 2.24) is 9.55 Å². The van der Waals surface area contributed by atoms with Crippen LogP contribution in [0.1, 0.15) is 0 Å². The third kappa shape index (κ3) is 2.03. The second-order valence-corrected chi connectivity index (χ2v) is 4.99. The summed E-state index contributed by atoms with van der Waals surface area (Å²) in [6.07, 6.45) is 8.31. The maximum Gasteiger partial charge on any atom is 0.215 e. The van der Waals surface area contributed by atoms with Crippen LogP contribution in [0.15, 0.2) is 79.0 Å². The predicted molar refractivity (Wildman–Crippen MR) is 86.7 cm³/mol. The van der Waals surface area contributed by atoms with Crippen molar-refractivity contribution in [1.29, 1.82) is 0 Å². The number of anilines is 1. The third-order valence-electron chi connectivity index (χ3n) is 3.63. The first-order valence-corrected chi connectivity index (χ1v) is 7.06. The van der Waals surface area contributed by atoms with E-state index >= 15 is 0 Å². The SMILES string of the molecule is C1=CCN(c2nc3ccccc3n2-c2ccccc2)C=C1. The molecule has 21 heavy (non-hydrogen) atoms.